The van der Waals surface area contributed by atoms with Crippen molar-refractivity contribution in [1.29, 1.82) is 0 Å². The molecule has 0 fully saturated rings. The van der Waals surface area contributed by atoms with E-state index in [-0.39, 0.29) is 18.1 Å². The van der Waals surface area contributed by atoms with Gasteiger partial charge < -0.3 is 5.32 Å². The quantitative estimate of drug-likeness (QED) is 0.704. The lowest BCUT2D eigenvalue weighted by molar-refractivity contribution is 0.549. The lowest BCUT2D eigenvalue weighted by Crippen LogP contribution is -2.37. The highest BCUT2D eigenvalue weighted by Gasteiger charge is 2.26. The van der Waals surface area contributed by atoms with E-state index < -0.39 is 0 Å². The van der Waals surface area contributed by atoms with Crippen molar-refractivity contribution in [1.82, 2.24) is 19.1 Å². The van der Waals surface area contributed by atoms with Crippen LogP contribution in [0.1, 0.15) is 13.3 Å². The van der Waals surface area contributed by atoms with E-state index in [0.717, 1.165) is 41.1 Å². The van der Waals surface area contributed by atoms with Crippen LogP contribution in [-0.4, -0.2) is 25.6 Å². The molecule has 0 unspecified atom stereocenters. The molecule has 0 aliphatic carbocycles. The van der Waals surface area contributed by atoms with Gasteiger partial charge in [0.2, 0.25) is 0 Å². The predicted molar refractivity (Wildman–Crippen MR) is 100 cm³/mol. The maximum Gasteiger partial charge on any atom is 0.331 e. The first-order valence-electron chi connectivity index (χ1n) is 7.70. The zero-order valence-corrected chi connectivity index (χ0v) is 15.5. The molecular formula is C16H17BrClN5O. The Morgan fingerprint density at radius 3 is 2.71 bits per heavy atom. The summed E-state index contributed by atoms with van der Waals surface area (Å²) in [6.07, 6.45) is 0.940. The van der Waals surface area contributed by atoms with Gasteiger partial charge in [0.05, 0.1) is 0 Å². The zero-order chi connectivity index (χ0) is 16.0. The first-order chi connectivity index (χ1) is 11.2. The highest BCUT2D eigenvalue weighted by Crippen LogP contribution is 2.31. The number of halogens is 2. The van der Waals surface area contributed by atoms with Crippen LogP contribution < -0.4 is 11.0 Å². The van der Waals surface area contributed by atoms with Crippen molar-refractivity contribution in [3.8, 4) is 22.9 Å². The summed E-state index contributed by atoms with van der Waals surface area (Å²) in [4.78, 5) is 22.0. The molecule has 0 amide bonds. The SMILES string of the molecule is CCn1c2nc(-c3ccc(Br)cc3)nc-2c2n(c1=O)CCCN2.Cl. The molecule has 126 valence electrons. The zero-order valence-electron chi connectivity index (χ0n) is 13.1. The summed E-state index contributed by atoms with van der Waals surface area (Å²) in [7, 11) is 0. The summed E-state index contributed by atoms with van der Waals surface area (Å²) in [5.74, 6) is 2.09. The second kappa shape index (κ2) is 6.57. The third kappa shape index (κ3) is 2.61. The van der Waals surface area contributed by atoms with E-state index in [0.29, 0.717) is 18.2 Å². The first-order valence-corrected chi connectivity index (χ1v) is 8.49. The van der Waals surface area contributed by atoms with Crippen molar-refractivity contribution in [2.24, 2.45) is 0 Å². The number of imidazole rings is 1. The van der Waals surface area contributed by atoms with Crippen molar-refractivity contribution in [2.75, 3.05) is 11.9 Å². The molecule has 24 heavy (non-hydrogen) atoms. The summed E-state index contributed by atoms with van der Waals surface area (Å²) in [6, 6.07) is 7.87. The van der Waals surface area contributed by atoms with Gasteiger partial charge in [-0.2, -0.15) is 0 Å². The summed E-state index contributed by atoms with van der Waals surface area (Å²) >= 11 is 3.43. The van der Waals surface area contributed by atoms with E-state index >= 15 is 0 Å². The molecule has 8 heteroatoms. The van der Waals surface area contributed by atoms with E-state index in [2.05, 4.69) is 26.2 Å². The Balaban J connectivity index is 0.00000169. The summed E-state index contributed by atoms with van der Waals surface area (Å²) < 4.78 is 4.48. The van der Waals surface area contributed by atoms with Crippen LogP contribution in [0.3, 0.4) is 0 Å². The van der Waals surface area contributed by atoms with E-state index in [1.165, 1.54) is 0 Å². The van der Waals surface area contributed by atoms with Crippen LogP contribution in [0.15, 0.2) is 33.5 Å². The normalized spacial score (nSPS) is 13.2. The number of rotatable bonds is 2. The number of nitrogens with one attached hydrogen (secondary N) is 1. The van der Waals surface area contributed by atoms with Crippen LogP contribution in [-0.2, 0) is 13.1 Å². The molecule has 3 aliphatic heterocycles. The first kappa shape index (κ1) is 17.0. The molecular weight excluding hydrogens is 394 g/mol. The van der Waals surface area contributed by atoms with Crippen LogP contribution in [0.25, 0.3) is 22.9 Å². The molecule has 3 aliphatic rings. The van der Waals surface area contributed by atoms with E-state index in [1.54, 1.807) is 9.13 Å². The van der Waals surface area contributed by atoms with Gasteiger partial charge in [0.15, 0.2) is 11.6 Å². The average Bonchev–Trinajstić information content (AvgIpc) is 3.01. The lowest BCUT2D eigenvalue weighted by atomic mass is 10.2. The number of nitrogens with zero attached hydrogens (tertiary/aromatic N) is 4. The van der Waals surface area contributed by atoms with Crippen molar-refractivity contribution in [3.05, 3.63) is 39.2 Å². The fraction of sp³-hybridized carbons (Fsp3) is 0.312. The molecule has 0 aromatic heterocycles. The highest BCUT2D eigenvalue weighted by atomic mass is 79.9. The van der Waals surface area contributed by atoms with Crippen molar-refractivity contribution in [3.63, 3.8) is 0 Å². The van der Waals surface area contributed by atoms with Gasteiger partial charge in [-0.15, -0.1) is 12.4 Å². The van der Waals surface area contributed by atoms with Gasteiger partial charge in [0.25, 0.3) is 0 Å². The Bertz CT molecular complexity index is 902. The predicted octanol–water partition coefficient (Wildman–Crippen LogP) is 3.23. The van der Waals surface area contributed by atoms with E-state index in [9.17, 15) is 4.79 Å². The molecule has 1 aromatic rings. The fourth-order valence-corrected chi connectivity index (χ4v) is 3.25. The van der Waals surface area contributed by atoms with Gasteiger partial charge in [-0.3, -0.25) is 9.13 Å². The third-order valence-corrected chi connectivity index (χ3v) is 4.65. The molecule has 0 saturated carbocycles. The molecule has 0 saturated heterocycles. The number of aromatic nitrogens is 4. The van der Waals surface area contributed by atoms with Gasteiger partial charge in [-0.1, -0.05) is 28.1 Å². The van der Waals surface area contributed by atoms with E-state index in [1.807, 2.05) is 31.2 Å². The van der Waals surface area contributed by atoms with Gasteiger partial charge in [0, 0.05) is 29.7 Å². The summed E-state index contributed by atoms with van der Waals surface area (Å²) in [5, 5.41) is 3.31. The van der Waals surface area contributed by atoms with Crippen LogP contribution in [0.5, 0.6) is 0 Å². The molecule has 3 heterocycles. The minimum Gasteiger partial charge on any atom is -0.369 e. The Kier molecular flexibility index (Phi) is 4.64. The number of benzene rings is 1. The van der Waals surface area contributed by atoms with Gasteiger partial charge in [-0.05, 0) is 25.5 Å². The van der Waals surface area contributed by atoms with Gasteiger partial charge in [0.1, 0.15) is 11.5 Å². The standard InChI is InChI=1S/C16H16BrN5O.ClH/c1-2-21-15-12(14-18-8-3-9-22(14)16(21)23)19-13(20-15)10-4-6-11(17)7-5-10;/h4-7,18H,2-3,8-9H2,1H3;1H. The second-order valence-electron chi connectivity index (χ2n) is 5.53. The Labute approximate surface area is 153 Å². The maximum absolute atomic E-state index is 12.7. The van der Waals surface area contributed by atoms with Crippen molar-refractivity contribution in [2.45, 2.75) is 26.4 Å². The largest absolute Gasteiger partial charge is 0.369 e. The topological polar surface area (TPSA) is 64.7 Å². The van der Waals surface area contributed by atoms with Crippen LogP contribution in [0.2, 0.25) is 0 Å². The van der Waals surface area contributed by atoms with Crippen LogP contribution >= 0.6 is 28.3 Å². The highest BCUT2D eigenvalue weighted by molar-refractivity contribution is 9.10. The minimum absolute atomic E-state index is 0. The maximum atomic E-state index is 12.7. The third-order valence-electron chi connectivity index (χ3n) is 4.12. The molecule has 6 nitrogen and oxygen atoms in total. The molecule has 0 bridgehead atoms. The Morgan fingerprint density at radius 2 is 2.00 bits per heavy atom. The second-order valence-corrected chi connectivity index (χ2v) is 6.45. The average molecular weight is 411 g/mol. The molecule has 1 N–H and O–H groups in total. The van der Waals surface area contributed by atoms with Gasteiger partial charge in [-0.25, -0.2) is 14.8 Å². The van der Waals surface area contributed by atoms with Crippen LogP contribution in [0, 0.1) is 0 Å². The molecule has 0 radical (unpaired) electrons. The van der Waals surface area contributed by atoms with E-state index in [4.69, 9.17) is 4.98 Å². The Hall–Kier alpha value is -1.86. The van der Waals surface area contributed by atoms with Crippen molar-refractivity contribution >= 4 is 34.2 Å². The van der Waals surface area contributed by atoms with Crippen LogP contribution in [0.4, 0.5) is 5.82 Å². The molecule has 1 aromatic carbocycles. The number of hydrogen-bond donors (Lipinski definition) is 1. The summed E-state index contributed by atoms with van der Waals surface area (Å²) in [5.41, 5.74) is 1.68. The van der Waals surface area contributed by atoms with Gasteiger partial charge >= 0.3 is 5.69 Å². The lowest BCUT2D eigenvalue weighted by Gasteiger charge is -2.23. The molecule has 0 atom stereocenters. The Morgan fingerprint density at radius 1 is 1.25 bits per heavy atom. The monoisotopic (exact) mass is 409 g/mol. The number of anilines is 1. The number of hydrogen-bond acceptors (Lipinski definition) is 4. The summed E-state index contributed by atoms with van der Waals surface area (Å²) in [6.45, 7) is 4.11. The molecule has 0 spiro atoms. The smallest absolute Gasteiger partial charge is 0.331 e. The van der Waals surface area contributed by atoms with Crippen molar-refractivity contribution < 1.29 is 0 Å². The fourth-order valence-electron chi connectivity index (χ4n) is 2.98. The minimum atomic E-state index is -0.0237. The molecule has 4 rings (SSSR count). The number of fused-ring (bicyclic) bond motifs is 3.